The number of halogens is 1. The normalized spacial score (nSPS) is 11.6. The summed E-state index contributed by atoms with van der Waals surface area (Å²) in [7, 11) is 1.58. The molecule has 0 bridgehead atoms. The van der Waals surface area contributed by atoms with Crippen LogP contribution in [-0.4, -0.2) is 13.0 Å². The summed E-state index contributed by atoms with van der Waals surface area (Å²) < 4.78 is 18.3. The molecule has 4 nitrogen and oxygen atoms in total. The summed E-state index contributed by atoms with van der Waals surface area (Å²) in [5, 5.41) is 6.04. The van der Waals surface area contributed by atoms with Crippen molar-refractivity contribution < 1.29 is 13.9 Å². The van der Waals surface area contributed by atoms with Gasteiger partial charge in [0.2, 0.25) is 5.91 Å². The van der Waals surface area contributed by atoms with E-state index in [-0.39, 0.29) is 17.8 Å². The maximum atomic E-state index is 13.0. The fourth-order valence-corrected chi connectivity index (χ4v) is 2.17. The van der Waals surface area contributed by atoms with Gasteiger partial charge in [-0.15, -0.1) is 0 Å². The first-order chi connectivity index (χ1) is 10.5. The Morgan fingerprint density at radius 3 is 2.45 bits per heavy atom. The second-order valence-electron chi connectivity index (χ2n) is 5.01. The van der Waals surface area contributed by atoms with Gasteiger partial charge in [-0.3, -0.25) is 4.79 Å². The van der Waals surface area contributed by atoms with E-state index in [0.29, 0.717) is 11.4 Å². The summed E-state index contributed by atoms with van der Waals surface area (Å²) in [6, 6.07) is 11.6. The Hall–Kier alpha value is -2.56. The maximum Gasteiger partial charge on any atom is 0.221 e. The molecular formula is C17H19FN2O2. The first-order valence-corrected chi connectivity index (χ1v) is 6.97. The molecule has 0 unspecified atom stereocenters. The van der Waals surface area contributed by atoms with Crippen LogP contribution < -0.4 is 15.4 Å². The van der Waals surface area contributed by atoms with Crippen LogP contribution in [-0.2, 0) is 4.79 Å². The Kier molecular flexibility index (Phi) is 4.99. The number of rotatable bonds is 5. The van der Waals surface area contributed by atoms with E-state index in [1.165, 1.54) is 19.1 Å². The van der Waals surface area contributed by atoms with E-state index in [0.717, 1.165) is 11.3 Å². The van der Waals surface area contributed by atoms with Crippen molar-refractivity contribution in [2.75, 3.05) is 17.7 Å². The number of nitrogens with one attached hydrogen (secondary N) is 2. The molecule has 1 atom stereocenters. The Balaban J connectivity index is 2.22. The molecule has 2 aromatic rings. The summed E-state index contributed by atoms with van der Waals surface area (Å²) >= 11 is 0. The molecule has 5 heteroatoms. The lowest BCUT2D eigenvalue weighted by molar-refractivity contribution is -0.114. The third kappa shape index (κ3) is 3.97. The number of hydrogen-bond donors (Lipinski definition) is 2. The van der Waals surface area contributed by atoms with Crippen LogP contribution in [0.5, 0.6) is 5.75 Å². The summed E-state index contributed by atoms with van der Waals surface area (Å²) in [5.74, 6) is 0.270. The number of carbonyl (C=O) groups is 1. The van der Waals surface area contributed by atoms with Crippen molar-refractivity contribution >= 4 is 17.3 Å². The average Bonchev–Trinajstić information content (AvgIpc) is 2.47. The van der Waals surface area contributed by atoms with Gasteiger partial charge in [0.1, 0.15) is 11.6 Å². The summed E-state index contributed by atoms with van der Waals surface area (Å²) in [4.78, 5) is 11.2. The zero-order valence-corrected chi connectivity index (χ0v) is 12.8. The van der Waals surface area contributed by atoms with Crippen LogP contribution in [0, 0.1) is 5.82 Å². The second kappa shape index (κ2) is 6.93. The molecule has 2 rings (SSSR count). The van der Waals surface area contributed by atoms with Crippen LogP contribution in [0.1, 0.15) is 25.5 Å². The van der Waals surface area contributed by atoms with Crippen LogP contribution in [0.3, 0.4) is 0 Å². The third-order valence-electron chi connectivity index (χ3n) is 3.26. The second-order valence-corrected chi connectivity index (χ2v) is 5.01. The highest BCUT2D eigenvalue weighted by molar-refractivity contribution is 5.89. The minimum atomic E-state index is -0.263. The maximum absolute atomic E-state index is 13.0. The molecule has 0 fully saturated rings. The number of carbonyl (C=O) groups excluding carboxylic acids is 1. The number of methoxy groups -OCH3 is 1. The SMILES string of the molecule is COc1ccc(NC(C)=O)cc1N[C@H](C)c1ccc(F)cc1. The summed E-state index contributed by atoms with van der Waals surface area (Å²) in [5.41, 5.74) is 2.39. The lowest BCUT2D eigenvalue weighted by Gasteiger charge is -2.19. The van der Waals surface area contributed by atoms with Crippen molar-refractivity contribution in [2.45, 2.75) is 19.9 Å². The molecule has 116 valence electrons. The van der Waals surface area contributed by atoms with Crippen LogP contribution in [0.15, 0.2) is 42.5 Å². The molecule has 1 amide bonds. The predicted octanol–water partition coefficient (Wildman–Crippen LogP) is 3.97. The van der Waals surface area contributed by atoms with Gasteiger partial charge >= 0.3 is 0 Å². The molecule has 0 aliphatic rings. The van der Waals surface area contributed by atoms with Crippen molar-refractivity contribution in [3.8, 4) is 5.75 Å². The van der Waals surface area contributed by atoms with E-state index in [9.17, 15) is 9.18 Å². The fraction of sp³-hybridized carbons (Fsp3) is 0.235. The molecule has 0 aromatic heterocycles. The van der Waals surface area contributed by atoms with E-state index < -0.39 is 0 Å². The van der Waals surface area contributed by atoms with E-state index in [4.69, 9.17) is 4.74 Å². The monoisotopic (exact) mass is 302 g/mol. The van der Waals surface area contributed by atoms with E-state index >= 15 is 0 Å². The van der Waals surface area contributed by atoms with Gasteiger partial charge in [0, 0.05) is 18.7 Å². The summed E-state index contributed by atoms with van der Waals surface area (Å²) in [6.45, 7) is 3.43. The van der Waals surface area contributed by atoms with Gasteiger partial charge in [-0.1, -0.05) is 12.1 Å². The number of anilines is 2. The molecule has 0 heterocycles. The first-order valence-electron chi connectivity index (χ1n) is 6.97. The topological polar surface area (TPSA) is 50.4 Å². The molecule has 0 radical (unpaired) electrons. The molecule has 0 saturated heterocycles. The van der Waals surface area contributed by atoms with Gasteiger partial charge in [-0.2, -0.15) is 0 Å². The minimum absolute atomic E-state index is 0.0397. The molecular weight excluding hydrogens is 283 g/mol. The van der Waals surface area contributed by atoms with E-state index in [2.05, 4.69) is 10.6 Å². The molecule has 2 N–H and O–H groups in total. The van der Waals surface area contributed by atoms with Gasteiger partial charge in [0.05, 0.1) is 12.8 Å². The zero-order chi connectivity index (χ0) is 16.1. The highest BCUT2D eigenvalue weighted by atomic mass is 19.1. The Morgan fingerprint density at radius 1 is 1.18 bits per heavy atom. The van der Waals surface area contributed by atoms with E-state index in [1.807, 2.05) is 6.92 Å². The highest BCUT2D eigenvalue weighted by Crippen LogP contribution is 2.31. The van der Waals surface area contributed by atoms with Crippen molar-refractivity contribution in [3.05, 3.63) is 53.8 Å². The molecule has 0 aliphatic heterocycles. The number of amides is 1. The van der Waals surface area contributed by atoms with Gasteiger partial charge in [-0.25, -0.2) is 4.39 Å². The van der Waals surface area contributed by atoms with Gasteiger partial charge < -0.3 is 15.4 Å². The smallest absolute Gasteiger partial charge is 0.221 e. The zero-order valence-electron chi connectivity index (χ0n) is 12.8. The molecule has 0 aliphatic carbocycles. The van der Waals surface area contributed by atoms with Crippen LogP contribution in [0.2, 0.25) is 0 Å². The van der Waals surface area contributed by atoms with Crippen molar-refractivity contribution in [3.63, 3.8) is 0 Å². The van der Waals surface area contributed by atoms with Gasteiger partial charge in [-0.05, 0) is 42.8 Å². The molecule has 2 aromatic carbocycles. The van der Waals surface area contributed by atoms with Crippen LogP contribution >= 0.6 is 0 Å². The summed E-state index contributed by atoms with van der Waals surface area (Å²) in [6.07, 6.45) is 0. The van der Waals surface area contributed by atoms with Gasteiger partial charge in [0.15, 0.2) is 0 Å². The van der Waals surface area contributed by atoms with Gasteiger partial charge in [0.25, 0.3) is 0 Å². The van der Waals surface area contributed by atoms with Crippen molar-refractivity contribution in [1.29, 1.82) is 0 Å². The Morgan fingerprint density at radius 2 is 1.86 bits per heavy atom. The Bertz CT molecular complexity index is 656. The number of hydrogen-bond acceptors (Lipinski definition) is 3. The van der Waals surface area contributed by atoms with Crippen LogP contribution in [0.4, 0.5) is 15.8 Å². The Labute approximate surface area is 129 Å². The largest absolute Gasteiger partial charge is 0.495 e. The minimum Gasteiger partial charge on any atom is -0.495 e. The lowest BCUT2D eigenvalue weighted by atomic mass is 10.1. The molecule has 0 spiro atoms. The predicted molar refractivity (Wildman–Crippen MR) is 85.7 cm³/mol. The van der Waals surface area contributed by atoms with E-state index in [1.54, 1.807) is 37.4 Å². The highest BCUT2D eigenvalue weighted by Gasteiger charge is 2.10. The number of benzene rings is 2. The van der Waals surface area contributed by atoms with Crippen molar-refractivity contribution in [2.24, 2.45) is 0 Å². The first kappa shape index (κ1) is 15.8. The van der Waals surface area contributed by atoms with Crippen molar-refractivity contribution in [1.82, 2.24) is 0 Å². The quantitative estimate of drug-likeness (QED) is 0.878. The lowest BCUT2D eigenvalue weighted by Crippen LogP contribution is -2.10. The third-order valence-corrected chi connectivity index (χ3v) is 3.26. The standard InChI is InChI=1S/C17H19FN2O2/c1-11(13-4-6-14(18)7-5-13)19-16-10-15(20-12(2)21)8-9-17(16)22-3/h4-11,19H,1-3H3,(H,20,21)/t11-/m1/s1. The molecule has 22 heavy (non-hydrogen) atoms. The average molecular weight is 302 g/mol. The number of ether oxygens (including phenoxy) is 1. The molecule has 0 saturated carbocycles. The fourth-order valence-electron chi connectivity index (χ4n) is 2.17. The van der Waals surface area contributed by atoms with Crippen LogP contribution in [0.25, 0.3) is 0 Å².